The molecule has 1 heterocycles. The number of rotatable bonds is 3. The number of carboxylic acid groups (broad SMARTS) is 1. The van der Waals surface area contributed by atoms with Gasteiger partial charge in [0.25, 0.3) is 0 Å². The maximum Gasteiger partial charge on any atom is 0.307 e. The maximum atomic E-state index is 11.2. The van der Waals surface area contributed by atoms with Crippen molar-refractivity contribution in [1.82, 2.24) is 4.98 Å². The minimum atomic E-state index is -0.855. The third kappa shape index (κ3) is 2.69. The van der Waals surface area contributed by atoms with Gasteiger partial charge in [-0.25, -0.2) is 0 Å². The predicted octanol–water partition coefficient (Wildman–Crippen LogP) is 4.88. The fourth-order valence-corrected chi connectivity index (χ4v) is 3.03. The number of aromatic nitrogens is 1. The molecular weight excluding hydrogens is 354 g/mol. The van der Waals surface area contributed by atoms with Gasteiger partial charge in [-0.2, -0.15) is 0 Å². The Morgan fingerprint density at radius 1 is 1.19 bits per heavy atom. The molecule has 0 atom stereocenters. The Hall–Kier alpha value is -1.78. The van der Waals surface area contributed by atoms with Crippen LogP contribution in [0.1, 0.15) is 5.56 Å². The zero-order chi connectivity index (χ0) is 15.0. The number of carboxylic acids is 1. The molecule has 5 heteroatoms. The minimum absolute atomic E-state index is 0.0333. The first-order chi connectivity index (χ1) is 10.1. The number of hydrogen-bond donors (Lipinski definition) is 2. The maximum absolute atomic E-state index is 11.2. The van der Waals surface area contributed by atoms with Gasteiger partial charge >= 0.3 is 5.97 Å². The molecule has 0 unspecified atom stereocenters. The molecule has 2 aromatic carbocycles. The first-order valence-corrected chi connectivity index (χ1v) is 7.50. The number of hydrogen-bond acceptors (Lipinski definition) is 1. The van der Waals surface area contributed by atoms with E-state index in [4.69, 9.17) is 11.6 Å². The second-order valence-corrected chi connectivity index (χ2v) is 6.01. The molecule has 0 fully saturated rings. The Balaban J connectivity index is 2.27. The third-order valence-electron chi connectivity index (χ3n) is 3.35. The smallest absolute Gasteiger partial charge is 0.307 e. The highest BCUT2D eigenvalue weighted by atomic mass is 79.9. The number of aromatic amines is 1. The summed E-state index contributed by atoms with van der Waals surface area (Å²) < 4.78 is 0.909. The van der Waals surface area contributed by atoms with E-state index in [0.717, 1.165) is 32.2 Å². The zero-order valence-electron chi connectivity index (χ0n) is 10.9. The van der Waals surface area contributed by atoms with Gasteiger partial charge in [0, 0.05) is 14.9 Å². The molecule has 2 N–H and O–H groups in total. The van der Waals surface area contributed by atoms with Crippen LogP contribution in [0.5, 0.6) is 0 Å². The number of nitrogens with one attached hydrogen (secondary N) is 1. The molecule has 21 heavy (non-hydrogen) atoms. The van der Waals surface area contributed by atoms with Crippen molar-refractivity contribution in [3.05, 3.63) is 57.5 Å². The Morgan fingerprint density at radius 2 is 1.90 bits per heavy atom. The Bertz CT molecular complexity index is 824. The largest absolute Gasteiger partial charge is 0.481 e. The minimum Gasteiger partial charge on any atom is -0.481 e. The van der Waals surface area contributed by atoms with Crippen LogP contribution in [0.25, 0.3) is 22.2 Å². The Labute approximate surface area is 134 Å². The van der Waals surface area contributed by atoms with Gasteiger partial charge in [0.2, 0.25) is 0 Å². The van der Waals surface area contributed by atoms with Gasteiger partial charge in [-0.05, 0) is 45.3 Å². The molecule has 0 radical (unpaired) electrons. The molecule has 3 aromatic rings. The summed E-state index contributed by atoms with van der Waals surface area (Å²) in [7, 11) is 0. The number of H-pyrrole nitrogens is 1. The number of benzene rings is 2. The lowest BCUT2D eigenvalue weighted by atomic mass is 10.0. The van der Waals surface area contributed by atoms with Gasteiger partial charge < -0.3 is 10.1 Å². The number of halogens is 2. The zero-order valence-corrected chi connectivity index (χ0v) is 13.2. The summed E-state index contributed by atoms with van der Waals surface area (Å²) in [6.07, 6.45) is -0.0333. The van der Waals surface area contributed by atoms with Gasteiger partial charge in [-0.1, -0.05) is 35.9 Å². The summed E-state index contributed by atoms with van der Waals surface area (Å²) in [6, 6.07) is 13.1. The summed E-state index contributed by atoms with van der Waals surface area (Å²) in [5, 5.41) is 10.7. The van der Waals surface area contributed by atoms with Crippen LogP contribution in [-0.2, 0) is 11.2 Å². The highest BCUT2D eigenvalue weighted by molar-refractivity contribution is 9.10. The van der Waals surface area contributed by atoms with Gasteiger partial charge in [0.1, 0.15) is 0 Å². The van der Waals surface area contributed by atoms with E-state index in [1.165, 1.54) is 0 Å². The van der Waals surface area contributed by atoms with Gasteiger partial charge in [0.15, 0.2) is 0 Å². The van der Waals surface area contributed by atoms with Crippen molar-refractivity contribution in [2.45, 2.75) is 6.42 Å². The summed E-state index contributed by atoms with van der Waals surface area (Å²) in [5.74, 6) is -0.855. The number of aliphatic carboxylic acids is 1. The lowest BCUT2D eigenvalue weighted by molar-refractivity contribution is -0.136. The van der Waals surface area contributed by atoms with Crippen LogP contribution in [0, 0.1) is 0 Å². The molecule has 0 amide bonds. The highest BCUT2D eigenvalue weighted by Crippen LogP contribution is 2.34. The first kappa shape index (κ1) is 14.2. The van der Waals surface area contributed by atoms with Crippen molar-refractivity contribution in [2.24, 2.45) is 0 Å². The van der Waals surface area contributed by atoms with Crippen LogP contribution in [0.3, 0.4) is 0 Å². The van der Waals surface area contributed by atoms with Crippen LogP contribution >= 0.6 is 27.5 Å². The normalized spacial score (nSPS) is 11.0. The number of fused-ring (bicyclic) bond motifs is 1. The average Bonchev–Trinajstić information content (AvgIpc) is 2.80. The molecule has 0 aliphatic heterocycles. The van der Waals surface area contributed by atoms with E-state index in [1.807, 2.05) is 30.3 Å². The van der Waals surface area contributed by atoms with E-state index < -0.39 is 5.97 Å². The van der Waals surface area contributed by atoms with Crippen LogP contribution in [0.2, 0.25) is 5.02 Å². The summed E-state index contributed by atoms with van der Waals surface area (Å²) >= 11 is 9.41. The van der Waals surface area contributed by atoms with Crippen molar-refractivity contribution >= 4 is 44.4 Å². The predicted molar refractivity (Wildman–Crippen MR) is 87.8 cm³/mol. The Morgan fingerprint density at radius 3 is 2.57 bits per heavy atom. The molecule has 1 aromatic heterocycles. The van der Waals surface area contributed by atoms with Crippen LogP contribution in [-0.4, -0.2) is 16.1 Å². The molecule has 3 rings (SSSR count). The van der Waals surface area contributed by atoms with E-state index >= 15 is 0 Å². The quantitative estimate of drug-likeness (QED) is 0.696. The van der Waals surface area contributed by atoms with Crippen molar-refractivity contribution in [3.63, 3.8) is 0 Å². The van der Waals surface area contributed by atoms with Gasteiger partial charge in [-0.3, -0.25) is 4.79 Å². The van der Waals surface area contributed by atoms with E-state index in [1.54, 1.807) is 12.1 Å². The monoisotopic (exact) mass is 363 g/mol. The van der Waals surface area contributed by atoms with Crippen molar-refractivity contribution in [1.29, 1.82) is 0 Å². The third-order valence-corrected chi connectivity index (χ3v) is 4.26. The van der Waals surface area contributed by atoms with E-state index in [-0.39, 0.29) is 6.42 Å². The molecule has 0 saturated carbocycles. The van der Waals surface area contributed by atoms with Gasteiger partial charge in [-0.15, -0.1) is 0 Å². The lowest BCUT2D eigenvalue weighted by Crippen LogP contribution is -2.00. The lowest BCUT2D eigenvalue weighted by Gasteiger charge is -2.03. The molecule has 3 nitrogen and oxygen atoms in total. The summed E-state index contributed by atoms with van der Waals surface area (Å²) in [5.41, 5.74) is 3.41. The second kappa shape index (κ2) is 5.54. The first-order valence-electron chi connectivity index (χ1n) is 6.33. The SMILES string of the molecule is O=C(O)Cc1c(-c2ccc(Cl)cc2)[nH]c2c(Br)cccc12. The molecular formula is C16H11BrClNO2. The summed E-state index contributed by atoms with van der Waals surface area (Å²) in [6.45, 7) is 0. The van der Waals surface area contributed by atoms with E-state index in [2.05, 4.69) is 20.9 Å². The molecule has 0 aliphatic carbocycles. The molecule has 106 valence electrons. The molecule has 0 saturated heterocycles. The van der Waals surface area contributed by atoms with Crippen molar-refractivity contribution < 1.29 is 9.90 Å². The average molecular weight is 365 g/mol. The number of para-hydroxylation sites is 1. The van der Waals surface area contributed by atoms with E-state index in [0.29, 0.717) is 5.02 Å². The number of carbonyl (C=O) groups is 1. The molecule has 0 spiro atoms. The summed E-state index contributed by atoms with van der Waals surface area (Å²) in [4.78, 5) is 14.5. The Kier molecular flexibility index (Phi) is 3.74. The molecule has 0 aliphatic rings. The fourth-order valence-electron chi connectivity index (χ4n) is 2.44. The van der Waals surface area contributed by atoms with Crippen LogP contribution in [0.15, 0.2) is 46.9 Å². The topological polar surface area (TPSA) is 53.1 Å². The second-order valence-electron chi connectivity index (χ2n) is 4.72. The van der Waals surface area contributed by atoms with Crippen LogP contribution < -0.4 is 0 Å². The van der Waals surface area contributed by atoms with Gasteiger partial charge in [0.05, 0.1) is 17.6 Å². The fraction of sp³-hybridized carbons (Fsp3) is 0.0625. The highest BCUT2D eigenvalue weighted by Gasteiger charge is 2.16. The van der Waals surface area contributed by atoms with Crippen molar-refractivity contribution in [3.8, 4) is 11.3 Å². The van der Waals surface area contributed by atoms with Crippen LogP contribution in [0.4, 0.5) is 0 Å². The van der Waals surface area contributed by atoms with Crippen molar-refractivity contribution in [2.75, 3.05) is 0 Å². The van der Waals surface area contributed by atoms with E-state index in [9.17, 15) is 9.90 Å². The molecule has 0 bridgehead atoms. The standard InChI is InChI=1S/C16H11BrClNO2/c17-13-3-1-2-11-12(8-14(20)21)15(19-16(11)13)9-4-6-10(18)7-5-9/h1-7,19H,8H2,(H,20,21).